The number of amides is 1. The van der Waals surface area contributed by atoms with Gasteiger partial charge in [0.25, 0.3) is 0 Å². The summed E-state index contributed by atoms with van der Waals surface area (Å²) in [5, 5.41) is 23.2. The van der Waals surface area contributed by atoms with Gasteiger partial charge in [0.15, 0.2) is 0 Å². The number of aliphatic hydroxyl groups is 2. The van der Waals surface area contributed by atoms with Crippen LogP contribution in [0, 0.1) is 0 Å². The van der Waals surface area contributed by atoms with Crippen molar-refractivity contribution in [2.75, 3.05) is 6.61 Å². The van der Waals surface area contributed by atoms with Gasteiger partial charge in [0.05, 0.1) is 18.8 Å². The summed E-state index contributed by atoms with van der Waals surface area (Å²) in [6.45, 7) is 4.36. The van der Waals surface area contributed by atoms with Crippen molar-refractivity contribution in [2.45, 2.75) is 309 Å². The maximum atomic E-state index is 12.4. The molecule has 1 amide bonds. The molecule has 0 aliphatic rings. The van der Waals surface area contributed by atoms with Crippen LogP contribution in [-0.2, 0) is 4.79 Å². The Bertz CT molecular complexity index is 769. The first-order valence-corrected chi connectivity index (χ1v) is 25.9. The molecule has 4 heteroatoms. The standard InChI is InChI=1S/C52H103NO3/c1-3-5-7-9-11-13-15-17-18-19-20-21-22-23-24-25-26-27-28-29-30-31-32-33-34-36-37-39-41-43-45-47-51(55)50(49-54)53-52(56)48-46-44-42-40-38-35-16-14-12-10-8-6-4-2/h14,16,50-51,54-55H,3-13,15,17-49H2,1-2H3,(H,53,56)/b16-14-. The number of carbonyl (C=O) groups is 1. The van der Waals surface area contributed by atoms with Crippen LogP contribution in [-0.4, -0.2) is 34.9 Å². The molecule has 0 saturated carbocycles. The molecule has 56 heavy (non-hydrogen) atoms. The minimum absolute atomic E-state index is 0.0370. The molecular formula is C52H103NO3. The first-order valence-electron chi connectivity index (χ1n) is 25.9. The van der Waals surface area contributed by atoms with Gasteiger partial charge in [0, 0.05) is 6.42 Å². The number of allylic oxidation sites excluding steroid dienone is 2. The fraction of sp³-hybridized carbons (Fsp3) is 0.942. The quantitative estimate of drug-likeness (QED) is 0.0425. The van der Waals surface area contributed by atoms with Crippen LogP contribution >= 0.6 is 0 Å². The van der Waals surface area contributed by atoms with E-state index in [2.05, 4.69) is 31.3 Å². The first kappa shape index (κ1) is 55.1. The number of unbranched alkanes of at least 4 members (excludes halogenated alkanes) is 39. The van der Waals surface area contributed by atoms with Crippen molar-refractivity contribution in [3.63, 3.8) is 0 Å². The highest BCUT2D eigenvalue weighted by molar-refractivity contribution is 5.76. The summed E-state index contributed by atoms with van der Waals surface area (Å²) in [7, 11) is 0. The van der Waals surface area contributed by atoms with Crippen molar-refractivity contribution >= 4 is 5.91 Å². The van der Waals surface area contributed by atoms with Crippen LogP contribution in [0.2, 0.25) is 0 Å². The van der Waals surface area contributed by atoms with E-state index >= 15 is 0 Å². The molecule has 0 bridgehead atoms. The molecular weight excluding hydrogens is 687 g/mol. The lowest BCUT2D eigenvalue weighted by Gasteiger charge is -2.22. The Kier molecular flexibility index (Phi) is 47.7. The monoisotopic (exact) mass is 790 g/mol. The molecule has 0 rings (SSSR count). The SMILES string of the molecule is CCCCCC/C=C\CCCCCCCC(=O)NC(CO)C(O)CCCCCCCCCCCCCCCCCCCCCCCCCCCCCCCCC. The molecule has 2 atom stereocenters. The molecule has 0 aromatic carbocycles. The number of hydrogen-bond donors (Lipinski definition) is 3. The van der Waals surface area contributed by atoms with Gasteiger partial charge >= 0.3 is 0 Å². The van der Waals surface area contributed by atoms with Crippen molar-refractivity contribution in [3.05, 3.63) is 12.2 Å². The predicted octanol–water partition coefficient (Wildman–Crippen LogP) is 16.6. The molecule has 0 heterocycles. The topological polar surface area (TPSA) is 69.6 Å². The second-order valence-electron chi connectivity index (χ2n) is 17.9. The van der Waals surface area contributed by atoms with Crippen molar-refractivity contribution < 1.29 is 15.0 Å². The fourth-order valence-corrected chi connectivity index (χ4v) is 8.30. The Morgan fingerprint density at radius 2 is 0.679 bits per heavy atom. The lowest BCUT2D eigenvalue weighted by molar-refractivity contribution is -0.123. The second-order valence-corrected chi connectivity index (χ2v) is 17.9. The Morgan fingerprint density at radius 1 is 0.411 bits per heavy atom. The van der Waals surface area contributed by atoms with Gasteiger partial charge in [-0.3, -0.25) is 4.79 Å². The van der Waals surface area contributed by atoms with Gasteiger partial charge < -0.3 is 15.5 Å². The average Bonchev–Trinajstić information content (AvgIpc) is 3.20. The van der Waals surface area contributed by atoms with Gasteiger partial charge in [-0.15, -0.1) is 0 Å². The second kappa shape index (κ2) is 48.5. The third-order valence-corrected chi connectivity index (χ3v) is 12.3. The molecule has 334 valence electrons. The zero-order valence-corrected chi connectivity index (χ0v) is 38.4. The van der Waals surface area contributed by atoms with Crippen molar-refractivity contribution in [1.82, 2.24) is 5.32 Å². The van der Waals surface area contributed by atoms with E-state index in [9.17, 15) is 15.0 Å². The number of nitrogens with one attached hydrogen (secondary N) is 1. The van der Waals surface area contributed by atoms with E-state index < -0.39 is 12.1 Å². The zero-order chi connectivity index (χ0) is 40.7. The molecule has 2 unspecified atom stereocenters. The largest absolute Gasteiger partial charge is 0.394 e. The zero-order valence-electron chi connectivity index (χ0n) is 38.4. The first-order chi connectivity index (χ1) is 27.7. The van der Waals surface area contributed by atoms with E-state index in [1.165, 1.54) is 244 Å². The maximum absolute atomic E-state index is 12.4. The van der Waals surface area contributed by atoms with E-state index in [4.69, 9.17) is 0 Å². The normalized spacial score (nSPS) is 12.9. The summed E-state index contributed by atoms with van der Waals surface area (Å²) < 4.78 is 0. The Balaban J connectivity index is 3.38. The van der Waals surface area contributed by atoms with Crippen LogP contribution in [0.5, 0.6) is 0 Å². The van der Waals surface area contributed by atoms with Crippen LogP contribution in [0.3, 0.4) is 0 Å². The van der Waals surface area contributed by atoms with E-state index in [-0.39, 0.29) is 12.5 Å². The highest BCUT2D eigenvalue weighted by Gasteiger charge is 2.20. The van der Waals surface area contributed by atoms with Crippen LogP contribution in [0.1, 0.15) is 296 Å². The molecule has 3 N–H and O–H groups in total. The van der Waals surface area contributed by atoms with Gasteiger partial charge in [-0.2, -0.15) is 0 Å². The van der Waals surface area contributed by atoms with E-state index in [0.29, 0.717) is 12.8 Å². The highest BCUT2D eigenvalue weighted by atomic mass is 16.3. The highest BCUT2D eigenvalue weighted by Crippen LogP contribution is 2.18. The Morgan fingerprint density at radius 3 is 1.00 bits per heavy atom. The van der Waals surface area contributed by atoms with Gasteiger partial charge in [-0.25, -0.2) is 0 Å². The van der Waals surface area contributed by atoms with E-state index in [1.807, 2.05) is 0 Å². The number of hydrogen-bond acceptors (Lipinski definition) is 3. The minimum Gasteiger partial charge on any atom is -0.394 e. The maximum Gasteiger partial charge on any atom is 0.220 e. The van der Waals surface area contributed by atoms with Gasteiger partial charge in [0.1, 0.15) is 0 Å². The molecule has 0 fully saturated rings. The average molecular weight is 790 g/mol. The van der Waals surface area contributed by atoms with E-state index in [1.54, 1.807) is 0 Å². The summed E-state index contributed by atoms with van der Waals surface area (Å²) in [6, 6.07) is -0.537. The van der Waals surface area contributed by atoms with Crippen molar-refractivity contribution in [1.29, 1.82) is 0 Å². The molecule has 0 aliphatic heterocycles. The van der Waals surface area contributed by atoms with Crippen molar-refractivity contribution in [2.24, 2.45) is 0 Å². The smallest absolute Gasteiger partial charge is 0.220 e. The third kappa shape index (κ3) is 44.2. The summed E-state index contributed by atoms with van der Waals surface area (Å²) in [5.41, 5.74) is 0. The van der Waals surface area contributed by atoms with E-state index in [0.717, 1.165) is 25.7 Å². The van der Waals surface area contributed by atoms with Crippen LogP contribution < -0.4 is 5.32 Å². The number of carbonyl (C=O) groups excluding carboxylic acids is 1. The van der Waals surface area contributed by atoms with Crippen LogP contribution in [0.25, 0.3) is 0 Å². The molecule has 0 spiro atoms. The molecule has 0 aliphatic carbocycles. The van der Waals surface area contributed by atoms with Gasteiger partial charge in [-0.05, 0) is 38.5 Å². The van der Waals surface area contributed by atoms with Crippen LogP contribution in [0.15, 0.2) is 12.2 Å². The molecule has 0 radical (unpaired) electrons. The summed E-state index contributed by atoms with van der Waals surface area (Å²) in [5.74, 6) is -0.0370. The summed E-state index contributed by atoms with van der Waals surface area (Å²) >= 11 is 0. The predicted molar refractivity (Wildman–Crippen MR) is 249 cm³/mol. The minimum atomic E-state index is -0.660. The number of aliphatic hydroxyl groups excluding tert-OH is 2. The van der Waals surface area contributed by atoms with Gasteiger partial charge in [0.2, 0.25) is 5.91 Å². The van der Waals surface area contributed by atoms with Crippen LogP contribution in [0.4, 0.5) is 0 Å². The van der Waals surface area contributed by atoms with Gasteiger partial charge in [-0.1, -0.05) is 264 Å². The molecule has 4 nitrogen and oxygen atoms in total. The lowest BCUT2D eigenvalue weighted by atomic mass is 10.0. The lowest BCUT2D eigenvalue weighted by Crippen LogP contribution is -2.45. The Hall–Kier alpha value is -0.870. The van der Waals surface area contributed by atoms with Crippen molar-refractivity contribution in [3.8, 4) is 0 Å². The Labute approximate surface area is 352 Å². The fourth-order valence-electron chi connectivity index (χ4n) is 8.30. The third-order valence-electron chi connectivity index (χ3n) is 12.3. The molecule has 0 aromatic rings. The molecule has 0 aromatic heterocycles. The number of rotatable bonds is 48. The summed E-state index contributed by atoms with van der Waals surface area (Å²) in [6.07, 6.45) is 61.9. The summed E-state index contributed by atoms with van der Waals surface area (Å²) in [4.78, 5) is 12.4. The molecule has 0 saturated heterocycles.